The van der Waals surface area contributed by atoms with Crippen molar-refractivity contribution in [3.8, 4) is 11.8 Å². The van der Waals surface area contributed by atoms with E-state index in [1.54, 1.807) is 18.2 Å². The average Bonchev–Trinajstić information content (AvgIpc) is 2.34. The fourth-order valence-corrected chi connectivity index (χ4v) is 1.90. The summed E-state index contributed by atoms with van der Waals surface area (Å²) in [4.78, 5) is 13.9. The van der Waals surface area contributed by atoms with Crippen LogP contribution in [0.3, 0.4) is 0 Å². The molecule has 1 rings (SSSR count). The van der Waals surface area contributed by atoms with Crippen molar-refractivity contribution >= 4 is 21.8 Å². The van der Waals surface area contributed by atoms with Gasteiger partial charge in [0.05, 0.1) is 18.7 Å². The molecule has 5 heteroatoms. The number of carbonyl (C=O) groups excluding carboxylic acids is 1. The van der Waals surface area contributed by atoms with E-state index in [4.69, 9.17) is 10.00 Å². The van der Waals surface area contributed by atoms with Gasteiger partial charge in [-0.3, -0.25) is 4.79 Å². The number of nitriles is 1. The molecule has 0 N–H and O–H groups in total. The number of amides is 1. The van der Waals surface area contributed by atoms with E-state index in [0.29, 0.717) is 11.3 Å². The molecule has 18 heavy (non-hydrogen) atoms. The van der Waals surface area contributed by atoms with E-state index in [1.165, 1.54) is 12.0 Å². The number of benzene rings is 1. The Bertz CT molecular complexity index is 480. The summed E-state index contributed by atoms with van der Waals surface area (Å²) in [5, 5.41) is 8.77. The Labute approximate surface area is 115 Å². The molecule has 0 fully saturated rings. The Hall–Kier alpha value is -1.54. The van der Waals surface area contributed by atoms with Crippen LogP contribution in [0.5, 0.6) is 5.75 Å². The number of ether oxygens (including phenoxy) is 1. The lowest BCUT2D eigenvalue weighted by Crippen LogP contribution is -2.37. The van der Waals surface area contributed by atoms with Gasteiger partial charge in [-0.2, -0.15) is 5.26 Å². The molecule has 0 heterocycles. The fourth-order valence-electron chi connectivity index (χ4n) is 1.56. The number of nitrogens with zero attached hydrogens (tertiary/aromatic N) is 2. The minimum absolute atomic E-state index is 0.0366. The molecule has 0 saturated heterocycles. The van der Waals surface area contributed by atoms with Crippen LogP contribution in [0.4, 0.5) is 0 Å². The van der Waals surface area contributed by atoms with E-state index in [2.05, 4.69) is 15.9 Å². The summed E-state index contributed by atoms with van der Waals surface area (Å²) < 4.78 is 6.04. The summed E-state index contributed by atoms with van der Waals surface area (Å²) in [6, 6.07) is 7.17. The predicted molar refractivity (Wildman–Crippen MR) is 72.5 cm³/mol. The van der Waals surface area contributed by atoms with E-state index in [1.807, 2.05) is 19.9 Å². The molecule has 0 spiro atoms. The number of halogens is 1. The zero-order valence-electron chi connectivity index (χ0n) is 10.6. The maximum Gasteiger partial charge on any atom is 0.258 e. The minimum atomic E-state index is -0.198. The molecular weight excluding hydrogens is 296 g/mol. The molecule has 0 radical (unpaired) electrons. The van der Waals surface area contributed by atoms with Crippen molar-refractivity contribution in [1.82, 2.24) is 4.90 Å². The second-order valence-corrected chi connectivity index (χ2v) is 4.95. The van der Waals surface area contributed by atoms with Gasteiger partial charge in [0.25, 0.3) is 5.91 Å². The zero-order chi connectivity index (χ0) is 13.7. The van der Waals surface area contributed by atoms with Crippen LogP contribution in [0.2, 0.25) is 0 Å². The van der Waals surface area contributed by atoms with Crippen LogP contribution in [-0.2, 0) is 0 Å². The second-order valence-electron chi connectivity index (χ2n) is 4.03. The quantitative estimate of drug-likeness (QED) is 0.804. The lowest BCUT2D eigenvalue weighted by molar-refractivity contribution is 0.0728. The number of hydrogen-bond donors (Lipinski definition) is 0. The van der Waals surface area contributed by atoms with Gasteiger partial charge in [0.1, 0.15) is 12.3 Å². The SMILES string of the molecule is COc1cc(Br)ccc1C(=O)N(CC#N)C(C)C. The maximum atomic E-state index is 12.3. The first-order valence-electron chi connectivity index (χ1n) is 5.52. The van der Waals surface area contributed by atoms with Gasteiger partial charge in [0, 0.05) is 10.5 Å². The molecule has 4 nitrogen and oxygen atoms in total. The molecular formula is C13H15BrN2O2. The van der Waals surface area contributed by atoms with Crippen LogP contribution in [0.15, 0.2) is 22.7 Å². The van der Waals surface area contributed by atoms with E-state index >= 15 is 0 Å². The summed E-state index contributed by atoms with van der Waals surface area (Å²) in [6.45, 7) is 3.82. The third kappa shape index (κ3) is 3.23. The highest BCUT2D eigenvalue weighted by Crippen LogP contribution is 2.25. The van der Waals surface area contributed by atoms with Crippen molar-refractivity contribution in [3.63, 3.8) is 0 Å². The fraction of sp³-hybridized carbons (Fsp3) is 0.385. The molecule has 96 valence electrons. The molecule has 0 unspecified atom stereocenters. The molecule has 0 aliphatic rings. The molecule has 0 aliphatic carbocycles. The highest BCUT2D eigenvalue weighted by molar-refractivity contribution is 9.10. The molecule has 0 atom stereocenters. The largest absolute Gasteiger partial charge is 0.496 e. The van der Waals surface area contributed by atoms with Crippen LogP contribution in [0.1, 0.15) is 24.2 Å². The van der Waals surface area contributed by atoms with Gasteiger partial charge >= 0.3 is 0 Å². The Morgan fingerprint density at radius 3 is 2.72 bits per heavy atom. The van der Waals surface area contributed by atoms with Crippen LogP contribution >= 0.6 is 15.9 Å². The van der Waals surface area contributed by atoms with Gasteiger partial charge in [0.15, 0.2) is 0 Å². The Kier molecular flexibility index (Phi) is 5.17. The highest BCUT2D eigenvalue weighted by atomic mass is 79.9. The van der Waals surface area contributed by atoms with Crippen molar-refractivity contribution < 1.29 is 9.53 Å². The first-order valence-corrected chi connectivity index (χ1v) is 6.32. The van der Waals surface area contributed by atoms with Crippen molar-refractivity contribution in [1.29, 1.82) is 5.26 Å². The predicted octanol–water partition coefficient (Wildman–Crippen LogP) is 2.83. The summed E-state index contributed by atoms with van der Waals surface area (Å²) in [6.07, 6.45) is 0. The lowest BCUT2D eigenvalue weighted by atomic mass is 10.1. The number of carbonyl (C=O) groups is 1. The van der Waals surface area contributed by atoms with E-state index in [0.717, 1.165) is 4.47 Å². The van der Waals surface area contributed by atoms with Gasteiger partial charge < -0.3 is 9.64 Å². The smallest absolute Gasteiger partial charge is 0.258 e. The summed E-state index contributed by atoms with van der Waals surface area (Å²) in [5.74, 6) is 0.300. The second kappa shape index (κ2) is 6.41. The zero-order valence-corrected chi connectivity index (χ0v) is 12.2. The molecule has 0 saturated carbocycles. The highest BCUT2D eigenvalue weighted by Gasteiger charge is 2.21. The maximum absolute atomic E-state index is 12.3. The van der Waals surface area contributed by atoms with Crippen molar-refractivity contribution in [2.45, 2.75) is 19.9 Å². The van der Waals surface area contributed by atoms with Gasteiger partial charge in [-0.25, -0.2) is 0 Å². The van der Waals surface area contributed by atoms with Crippen molar-refractivity contribution in [3.05, 3.63) is 28.2 Å². The van der Waals surface area contributed by atoms with Gasteiger partial charge in [-0.15, -0.1) is 0 Å². The van der Waals surface area contributed by atoms with Crippen LogP contribution < -0.4 is 4.74 Å². The minimum Gasteiger partial charge on any atom is -0.496 e. The average molecular weight is 311 g/mol. The Balaban J connectivity index is 3.13. The normalized spacial score (nSPS) is 10.0. The van der Waals surface area contributed by atoms with Crippen molar-refractivity contribution in [2.24, 2.45) is 0 Å². The Morgan fingerprint density at radius 2 is 2.22 bits per heavy atom. The lowest BCUT2D eigenvalue weighted by Gasteiger charge is -2.24. The summed E-state index contributed by atoms with van der Waals surface area (Å²) >= 11 is 3.33. The topological polar surface area (TPSA) is 53.3 Å². The number of methoxy groups -OCH3 is 1. The molecule has 0 aromatic heterocycles. The van der Waals surface area contributed by atoms with Crippen LogP contribution in [-0.4, -0.2) is 30.5 Å². The third-order valence-corrected chi connectivity index (χ3v) is 3.01. The first-order chi connectivity index (χ1) is 8.51. The summed E-state index contributed by atoms with van der Waals surface area (Å²) in [7, 11) is 1.52. The number of rotatable bonds is 4. The van der Waals surface area contributed by atoms with Crippen molar-refractivity contribution in [2.75, 3.05) is 13.7 Å². The van der Waals surface area contributed by atoms with Gasteiger partial charge in [-0.1, -0.05) is 15.9 Å². The molecule has 0 aliphatic heterocycles. The monoisotopic (exact) mass is 310 g/mol. The van der Waals surface area contributed by atoms with Crippen LogP contribution in [0, 0.1) is 11.3 Å². The molecule has 1 aromatic carbocycles. The van der Waals surface area contributed by atoms with Gasteiger partial charge in [-0.05, 0) is 32.0 Å². The standard InChI is InChI=1S/C13H15BrN2O2/c1-9(2)16(7-6-15)13(17)11-5-4-10(14)8-12(11)18-3/h4-5,8-9H,7H2,1-3H3. The van der Waals surface area contributed by atoms with Crippen LogP contribution in [0.25, 0.3) is 0 Å². The molecule has 1 aromatic rings. The third-order valence-electron chi connectivity index (χ3n) is 2.52. The molecule has 0 bridgehead atoms. The number of hydrogen-bond acceptors (Lipinski definition) is 3. The van der Waals surface area contributed by atoms with E-state index < -0.39 is 0 Å². The summed E-state index contributed by atoms with van der Waals surface area (Å²) in [5.41, 5.74) is 0.463. The molecule has 1 amide bonds. The first kappa shape index (κ1) is 14.5. The van der Waals surface area contributed by atoms with E-state index in [9.17, 15) is 4.79 Å². The van der Waals surface area contributed by atoms with E-state index in [-0.39, 0.29) is 18.5 Å². The Morgan fingerprint density at radius 1 is 1.56 bits per heavy atom. The van der Waals surface area contributed by atoms with Gasteiger partial charge in [0.2, 0.25) is 0 Å².